The zero-order valence-electron chi connectivity index (χ0n) is 15.1. The average molecular weight is 377 g/mol. The van der Waals surface area contributed by atoms with Gasteiger partial charge in [0.05, 0.1) is 24.1 Å². The highest BCUT2D eigenvalue weighted by Gasteiger charge is 2.15. The first-order valence-corrected chi connectivity index (χ1v) is 9.50. The predicted molar refractivity (Wildman–Crippen MR) is 106 cm³/mol. The average Bonchev–Trinajstić information content (AvgIpc) is 3.34. The smallest absolute Gasteiger partial charge is 0.191 e. The molecule has 0 fully saturated rings. The van der Waals surface area contributed by atoms with Crippen molar-refractivity contribution in [2.75, 3.05) is 7.11 Å². The van der Waals surface area contributed by atoms with E-state index in [1.807, 2.05) is 83.2 Å². The maximum absolute atomic E-state index is 5.44. The van der Waals surface area contributed by atoms with Crippen molar-refractivity contribution in [1.82, 2.24) is 24.5 Å². The molecular weight excluding hydrogens is 358 g/mol. The number of ether oxygens (including phenoxy) is 1. The van der Waals surface area contributed by atoms with Gasteiger partial charge in [0.15, 0.2) is 11.0 Å². The summed E-state index contributed by atoms with van der Waals surface area (Å²) in [6.45, 7) is 0. The summed E-state index contributed by atoms with van der Waals surface area (Å²) in [4.78, 5) is 0. The van der Waals surface area contributed by atoms with Gasteiger partial charge in [-0.3, -0.25) is 0 Å². The van der Waals surface area contributed by atoms with Crippen LogP contribution in [0.4, 0.5) is 0 Å². The first-order chi connectivity index (χ1) is 13.3. The van der Waals surface area contributed by atoms with E-state index in [9.17, 15) is 0 Å². The summed E-state index contributed by atoms with van der Waals surface area (Å²) >= 11 is 1.61. The first kappa shape index (κ1) is 17.4. The number of hydrogen-bond donors (Lipinski definition) is 0. The zero-order valence-corrected chi connectivity index (χ0v) is 15.9. The van der Waals surface area contributed by atoms with Crippen LogP contribution in [-0.4, -0.2) is 31.7 Å². The van der Waals surface area contributed by atoms with Crippen LogP contribution < -0.4 is 4.74 Å². The Morgan fingerprint density at radius 1 is 0.963 bits per heavy atom. The van der Waals surface area contributed by atoms with Crippen molar-refractivity contribution in [2.45, 2.75) is 10.9 Å². The van der Waals surface area contributed by atoms with Gasteiger partial charge in [0.25, 0.3) is 0 Å². The molecule has 4 aromatic rings. The lowest BCUT2D eigenvalue weighted by atomic mass is 10.2. The van der Waals surface area contributed by atoms with E-state index in [4.69, 9.17) is 4.74 Å². The second-order valence-electron chi connectivity index (χ2n) is 5.94. The minimum absolute atomic E-state index is 0.720. The van der Waals surface area contributed by atoms with Gasteiger partial charge in [-0.15, -0.1) is 10.2 Å². The van der Waals surface area contributed by atoms with Crippen molar-refractivity contribution in [1.29, 1.82) is 0 Å². The Bertz CT molecular complexity index is 1040. The molecule has 0 N–H and O–H groups in total. The molecule has 2 aromatic heterocycles. The molecule has 0 radical (unpaired) electrons. The van der Waals surface area contributed by atoms with Gasteiger partial charge < -0.3 is 9.30 Å². The molecule has 2 heterocycles. The monoisotopic (exact) mass is 377 g/mol. The second-order valence-corrected chi connectivity index (χ2v) is 6.88. The molecule has 0 unspecified atom stereocenters. The van der Waals surface area contributed by atoms with E-state index in [0.29, 0.717) is 0 Å². The summed E-state index contributed by atoms with van der Waals surface area (Å²) in [5.41, 5.74) is 2.96. The van der Waals surface area contributed by atoms with Crippen LogP contribution in [-0.2, 0) is 12.8 Å². The number of aromatic nitrogens is 5. The van der Waals surface area contributed by atoms with Crippen LogP contribution in [0.1, 0.15) is 5.69 Å². The second kappa shape index (κ2) is 7.67. The van der Waals surface area contributed by atoms with E-state index in [-0.39, 0.29) is 0 Å². The fraction of sp³-hybridized carbons (Fsp3) is 0.150. The van der Waals surface area contributed by atoms with E-state index in [2.05, 4.69) is 15.3 Å². The van der Waals surface area contributed by atoms with Gasteiger partial charge in [-0.05, 0) is 30.3 Å². The summed E-state index contributed by atoms with van der Waals surface area (Å²) < 4.78 is 9.30. The summed E-state index contributed by atoms with van der Waals surface area (Å²) in [5.74, 6) is 2.29. The van der Waals surface area contributed by atoms with Crippen LogP contribution in [0.15, 0.2) is 72.0 Å². The molecule has 0 aliphatic carbocycles. The Balaban J connectivity index is 1.50. The van der Waals surface area contributed by atoms with Crippen LogP contribution in [0.5, 0.6) is 5.75 Å². The van der Waals surface area contributed by atoms with Gasteiger partial charge in [0.2, 0.25) is 0 Å². The van der Waals surface area contributed by atoms with Crippen LogP contribution in [0, 0.1) is 0 Å². The molecular formula is C20H19N5OS. The minimum Gasteiger partial charge on any atom is -0.496 e. The lowest BCUT2D eigenvalue weighted by molar-refractivity contribution is 0.416. The third-order valence-corrected chi connectivity index (χ3v) is 5.25. The van der Waals surface area contributed by atoms with Crippen molar-refractivity contribution < 1.29 is 4.74 Å². The van der Waals surface area contributed by atoms with Gasteiger partial charge in [0.1, 0.15) is 5.75 Å². The number of nitrogens with zero attached hydrogens (tertiary/aromatic N) is 5. The first-order valence-electron chi connectivity index (χ1n) is 8.52. The van der Waals surface area contributed by atoms with Gasteiger partial charge in [-0.25, -0.2) is 4.68 Å². The summed E-state index contributed by atoms with van der Waals surface area (Å²) in [7, 11) is 3.63. The van der Waals surface area contributed by atoms with Gasteiger partial charge in [0, 0.05) is 19.0 Å². The molecule has 0 aliphatic heterocycles. The van der Waals surface area contributed by atoms with Gasteiger partial charge in [-0.2, -0.15) is 5.10 Å². The van der Waals surface area contributed by atoms with Crippen molar-refractivity contribution in [3.63, 3.8) is 0 Å². The molecule has 136 valence electrons. The molecule has 2 aromatic carbocycles. The number of benzene rings is 2. The number of thioether (sulfide) groups is 1. The van der Waals surface area contributed by atoms with E-state index in [1.165, 1.54) is 0 Å². The summed E-state index contributed by atoms with van der Waals surface area (Å²) in [6, 6.07) is 19.9. The zero-order chi connectivity index (χ0) is 18.6. The van der Waals surface area contributed by atoms with Crippen LogP contribution in [0.2, 0.25) is 0 Å². The van der Waals surface area contributed by atoms with Crippen LogP contribution in [0.25, 0.3) is 17.1 Å². The van der Waals surface area contributed by atoms with Crippen LogP contribution in [0.3, 0.4) is 0 Å². The molecule has 6 nitrogen and oxygen atoms in total. The lowest BCUT2D eigenvalue weighted by Crippen LogP contribution is -1.98. The minimum atomic E-state index is 0.720. The molecule has 0 bridgehead atoms. The van der Waals surface area contributed by atoms with Crippen molar-refractivity contribution in [3.8, 4) is 22.8 Å². The Morgan fingerprint density at radius 3 is 2.56 bits per heavy atom. The van der Waals surface area contributed by atoms with E-state index in [1.54, 1.807) is 18.9 Å². The topological polar surface area (TPSA) is 57.8 Å². The molecule has 0 spiro atoms. The largest absolute Gasteiger partial charge is 0.496 e. The van der Waals surface area contributed by atoms with Crippen LogP contribution >= 0.6 is 11.8 Å². The third kappa shape index (κ3) is 3.59. The van der Waals surface area contributed by atoms with E-state index in [0.717, 1.165) is 39.4 Å². The summed E-state index contributed by atoms with van der Waals surface area (Å²) in [6.07, 6.45) is 1.97. The number of methoxy groups -OCH3 is 1. The highest BCUT2D eigenvalue weighted by molar-refractivity contribution is 7.98. The Morgan fingerprint density at radius 2 is 1.74 bits per heavy atom. The highest BCUT2D eigenvalue weighted by Crippen LogP contribution is 2.30. The molecule has 0 saturated carbocycles. The molecule has 7 heteroatoms. The normalized spacial score (nSPS) is 10.9. The lowest BCUT2D eigenvalue weighted by Gasteiger charge is -2.07. The fourth-order valence-electron chi connectivity index (χ4n) is 2.81. The molecule has 27 heavy (non-hydrogen) atoms. The highest BCUT2D eigenvalue weighted by atomic mass is 32.2. The number of hydrogen-bond acceptors (Lipinski definition) is 5. The molecule has 0 amide bonds. The van der Waals surface area contributed by atoms with E-state index >= 15 is 0 Å². The van der Waals surface area contributed by atoms with Crippen molar-refractivity contribution >= 4 is 11.8 Å². The molecule has 4 rings (SSSR count). The maximum Gasteiger partial charge on any atom is 0.191 e. The Kier molecular flexibility index (Phi) is 4.93. The van der Waals surface area contributed by atoms with Gasteiger partial charge >= 0.3 is 0 Å². The molecule has 0 aliphatic rings. The quantitative estimate of drug-likeness (QED) is 0.476. The Labute approximate surface area is 161 Å². The number of rotatable bonds is 6. The van der Waals surface area contributed by atoms with E-state index < -0.39 is 0 Å². The van der Waals surface area contributed by atoms with Crippen molar-refractivity contribution in [2.24, 2.45) is 7.05 Å². The Hall–Kier alpha value is -3.06. The predicted octanol–water partition coefficient (Wildman–Crippen LogP) is 3.97. The standard InChI is InChI=1S/C20H19N5OS/c1-24-19(17-10-6-7-11-18(17)26-2)21-22-20(24)27-14-15-12-13-25(23-15)16-8-4-3-5-9-16/h3-13H,14H2,1-2H3. The molecule has 0 atom stereocenters. The summed E-state index contributed by atoms with van der Waals surface area (Å²) in [5, 5.41) is 14.2. The third-order valence-electron chi connectivity index (χ3n) is 4.20. The maximum atomic E-state index is 5.44. The SMILES string of the molecule is COc1ccccc1-c1nnc(SCc2ccn(-c3ccccc3)n2)n1C. The van der Waals surface area contributed by atoms with Crippen molar-refractivity contribution in [3.05, 3.63) is 72.6 Å². The van der Waals surface area contributed by atoms with Gasteiger partial charge in [-0.1, -0.05) is 42.1 Å². The molecule has 0 saturated heterocycles. The number of para-hydroxylation sites is 2. The fourth-order valence-corrected chi connectivity index (χ4v) is 3.62.